The molecule has 0 heterocycles. The van der Waals surface area contributed by atoms with E-state index in [1.165, 1.54) is 19.3 Å². The molecule has 0 N–H and O–H groups in total. The average molecular weight is 222 g/mol. The third-order valence-electron chi connectivity index (χ3n) is 3.65. The summed E-state index contributed by atoms with van der Waals surface area (Å²) in [5.41, 5.74) is 0. The molecule has 1 aliphatic rings. The second-order valence-electron chi connectivity index (χ2n) is 5.51. The number of hydrogen-bond donors (Lipinski definition) is 0. The van der Waals surface area contributed by atoms with Crippen LogP contribution in [0.3, 0.4) is 0 Å². The van der Waals surface area contributed by atoms with Crippen LogP contribution in [0.25, 0.3) is 0 Å². The number of ether oxygens (including phenoxy) is 1. The Morgan fingerprint density at radius 2 is 2.12 bits per heavy atom. The summed E-state index contributed by atoms with van der Waals surface area (Å²) in [5, 5.41) is 0. The lowest BCUT2D eigenvalue weighted by Crippen LogP contribution is -2.34. The Bertz CT molecular complexity index is 242. The smallest absolute Gasteiger partial charge is 0.101 e. The number of hydrogen-bond acceptors (Lipinski definition) is 1. The minimum absolute atomic E-state index is 0.371. The first-order valence-electron chi connectivity index (χ1n) is 6.50. The zero-order valence-corrected chi connectivity index (χ0v) is 11.0. The molecule has 1 aliphatic carbocycles. The van der Waals surface area contributed by atoms with Gasteiger partial charge in [-0.3, -0.25) is 0 Å². The van der Waals surface area contributed by atoms with Crippen molar-refractivity contribution in [2.75, 3.05) is 0 Å². The van der Waals surface area contributed by atoms with Crippen LogP contribution in [-0.4, -0.2) is 6.10 Å². The molecule has 0 unspecified atom stereocenters. The lowest BCUT2D eigenvalue weighted by atomic mass is 9.75. The Labute approximate surface area is 101 Å². The summed E-state index contributed by atoms with van der Waals surface area (Å²) in [6, 6.07) is 0. The maximum Gasteiger partial charge on any atom is 0.101 e. The van der Waals surface area contributed by atoms with Crippen LogP contribution in [0.4, 0.5) is 0 Å². The van der Waals surface area contributed by atoms with Crippen molar-refractivity contribution in [3.63, 3.8) is 0 Å². The summed E-state index contributed by atoms with van der Waals surface area (Å²) in [4.78, 5) is 0. The van der Waals surface area contributed by atoms with Crippen LogP contribution in [0.5, 0.6) is 0 Å². The molecule has 1 nitrogen and oxygen atoms in total. The minimum Gasteiger partial charge on any atom is -0.495 e. The molecule has 0 radical (unpaired) electrons. The van der Waals surface area contributed by atoms with Gasteiger partial charge in [-0.05, 0) is 30.6 Å². The van der Waals surface area contributed by atoms with Crippen LogP contribution in [0.15, 0.2) is 25.0 Å². The molecule has 0 amide bonds. The quantitative estimate of drug-likeness (QED) is 0.489. The highest BCUT2D eigenvalue weighted by Crippen LogP contribution is 2.36. The molecule has 3 atom stereocenters. The van der Waals surface area contributed by atoms with Gasteiger partial charge in [0, 0.05) is 6.42 Å². The fraction of sp³-hybridized carbons (Fsp3) is 0.733. The second-order valence-corrected chi connectivity index (χ2v) is 5.51. The van der Waals surface area contributed by atoms with Gasteiger partial charge in [-0.15, -0.1) is 6.58 Å². The van der Waals surface area contributed by atoms with E-state index in [4.69, 9.17) is 4.74 Å². The summed E-state index contributed by atoms with van der Waals surface area (Å²) in [6.07, 6.45) is 6.83. The zero-order valence-electron chi connectivity index (χ0n) is 11.0. The fourth-order valence-electron chi connectivity index (χ4n) is 2.67. The maximum atomic E-state index is 6.01. The van der Waals surface area contributed by atoms with Gasteiger partial charge in [0.05, 0.1) is 5.76 Å². The second kappa shape index (κ2) is 6.12. The van der Waals surface area contributed by atoms with E-state index in [-0.39, 0.29) is 0 Å². The van der Waals surface area contributed by atoms with Crippen LogP contribution >= 0.6 is 0 Å². The number of rotatable bonds is 5. The predicted octanol–water partition coefficient (Wildman–Crippen LogP) is 4.55. The molecular weight excluding hydrogens is 196 g/mol. The largest absolute Gasteiger partial charge is 0.495 e. The van der Waals surface area contributed by atoms with E-state index in [0.717, 1.165) is 18.1 Å². The Morgan fingerprint density at radius 1 is 1.44 bits per heavy atom. The first kappa shape index (κ1) is 13.3. The zero-order chi connectivity index (χ0) is 12.1. The van der Waals surface area contributed by atoms with Crippen molar-refractivity contribution in [3.05, 3.63) is 25.0 Å². The van der Waals surface area contributed by atoms with E-state index in [2.05, 4.69) is 33.9 Å². The van der Waals surface area contributed by atoms with Crippen molar-refractivity contribution < 1.29 is 4.74 Å². The summed E-state index contributed by atoms with van der Waals surface area (Å²) in [5.74, 6) is 3.06. The third-order valence-corrected chi connectivity index (χ3v) is 3.65. The lowest BCUT2D eigenvalue weighted by Gasteiger charge is -2.37. The molecule has 92 valence electrons. The van der Waals surface area contributed by atoms with Crippen molar-refractivity contribution in [1.29, 1.82) is 0 Å². The van der Waals surface area contributed by atoms with Gasteiger partial charge in [0.2, 0.25) is 0 Å². The highest BCUT2D eigenvalue weighted by atomic mass is 16.5. The Hall–Kier alpha value is -0.720. The van der Waals surface area contributed by atoms with Gasteiger partial charge < -0.3 is 4.74 Å². The van der Waals surface area contributed by atoms with Crippen molar-refractivity contribution in [2.24, 2.45) is 17.8 Å². The first-order chi connectivity index (χ1) is 7.54. The van der Waals surface area contributed by atoms with E-state index in [9.17, 15) is 0 Å². The van der Waals surface area contributed by atoms with E-state index < -0.39 is 0 Å². The van der Waals surface area contributed by atoms with Crippen molar-refractivity contribution >= 4 is 0 Å². The van der Waals surface area contributed by atoms with Crippen molar-refractivity contribution in [1.82, 2.24) is 0 Å². The number of allylic oxidation sites excluding steroid dienone is 1. The molecule has 0 saturated heterocycles. The molecular formula is C15H26O. The van der Waals surface area contributed by atoms with E-state index >= 15 is 0 Å². The van der Waals surface area contributed by atoms with Crippen LogP contribution in [0.1, 0.15) is 46.5 Å². The van der Waals surface area contributed by atoms with Crippen molar-refractivity contribution in [3.8, 4) is 0 Å². The molecule has 16 heavy (non-hydrogen) atoms. The van der Waals surface area contributed by atoms with Gasteiger partial charge in [-0.2, -0.15) is 0 Å². The summed E-state index contributed by atoms with van der Waals surface area (Å²) < 4.78 is 6.01. The summed E-state index contributed by atoms with van der Waals surface area (Å²) in [6.45, 7) is 14.6. The van der Waals surface area contributed by atoms with Gasteiger partial charge in [0.25, 0.3) is 0 Å². The predicted molar refractivity (Wildman–Crippen MR) is 70.2 cm³/mol. The Morgan fingerprint density at radius 3 is 2.69 bits per heavy atom. The van der Waals surface area contributed by atoms with E-state index in [1.807, 2.05) is 6.08 Å². The van der Waals surface area contributed by atoms with E-state index in [1.54, 1.807) is 0 Å². The third kappa shape index (κ3) is 3.70. The van der Waals surface area contributed by atoms with Crippen LogP contribution in [0.2, 0.25) is 0 Å². The minimum atomic E-state index is 0.371. The maximum absolute atomic E-state index is 6.01. The molecule has 0 aromatic heterocycles. The van der Waals surface area contributed by atoms with Gasteiger partial charge in [0.15, 0.2) is 0 Å². The SMILES string of the molecule is C=CCC(=C)O[C@H]1C[C@@H](C)CC[C@@H]1C(C)C. The normalized spacial score (nSPS) is 30.1. The lowest BCUT2D eigenvalue weighted by molar-refractivity contribution is -0.00214. The van der Waals surface area contributed by atoms with Gasteiger partial charge in [-0.1, -0.05) is 39.8 Å². The van der Waals surface area contributed by atoms with E-state index in [0.29, 0.717) is 17.9 Å². The molecule has 1 heteroatoms. The highest BCUT2D eigenvalue weighted by molar-refractivity contribution is 4.94. The monoisotopic (exact) mass is 222 g/mol. The molecule has 0 spiro atoms. The average Bonchev–Trinajstić information content (AvgIpc) is 2.17. The topological polar surface area (TPSA) is 9.23 Å². The fourth-order valence-corrected chi connectivity index (χ4v) is 2.67. The highest BCUT2D eigenvalue weighted by Gasteiger charge is 2.32. The summed E-state index contributed by atoms with van der Waals surface area (Å²) >= 11 is 0. The van der Waals surface area contributed by atoms with Gasteiger partial charge in [-0.25, -0.2) is 0 Å². The Kier molecular flexibility index (Phi) is 5.11. The van der Waals surface area contributed by atoms with Crippen LogP contribution in [0, 0.1) is 17.8 Å². The van der Waals surface area contributed by atoms with Gasteiger partial charge >= 0.3 is 0 Å². The molecule has 0 aromatic carbocycles. The first-order valence-corrected chi connectivity index (χ1v) is 6.50. The van der Waals surface area contributed by atoms with Crippen LogP contribution < -0.4 is 0 Å². The molecule has 0 aliphatic heterocycles. The molecule has 0 aromatic rings. The van der Waals surface area contributed by atoms with Crippen molar-refractivity contribution in [2.45, 2.75) is 52.6 Å². The summed E-state index contributed by atoms with van der Waals surface area (Å²) in [7, 11) is 0. The Balaban J connectivity index is 2.57. The molecule has 1 fully saturated rings. The molecule has 1 saturated carbocycles. The van der Waals surface area contributed by atoms with Gasteiger partial charge in [0.1, 0.15) is 6.10 Å². The van der Waals surface area contributed by atoms with Crippen LogP contribution in [-0.2, 0) is 4.74 Å². The molecule has 1 rings (SSSR count). The molecule has 0 bridgehead atoms. The standard InChI is InChI=1S/C15H26O/c1-6-7-13(5)16-15-10-12(4)8-9-14(15)11(2)3/h6,11-12,14-15H,1,5,7-10H2,2-4H3/t12-,14+,15-/m0/s1.